The maximum absolute atomic E-state index is 9.65. The van der Waals surface area contributed by atoms with Crippen LogP contribution in [0, 0.1) is 0 Å². The van der Waals surface area contributed by atoms with E-state index in [9.17, 15) is 4.79 Å². The molecule has 0 aliphatic rings. The van der Waals surface area contributed by atoms with Crippen molar-refractivity contribution in [3.8, 4) is 0 Å². The smallest absolute Gasteiger partial charge is 1.00 e. The largest absolute Gasteiger partial charge is 1.00 e. The minimum atomic E-state index is -0.963. The Morgan fingerprint density at radius 1 is 1.88 bits per heavy atom. The number of hydrogen-bond donors (Lipinski definition) is 2. The zero-order valence-electron chi connectivity index (χ0n) is 6.09. The molecule has 0 aliphatic carbocycles. The molecule has 1 atom stereocenters. The van der Waals surface area contributed by atoms with Crippen LogP contribution >= 0.6 is 0 Å². The number of carbonyl (C=O) groups is 1. The molecule has 0 bridgehead atoms. The second kappa shape index (κ2) is 5.17. The van der Waals surface area contributed by atoms with Gasteiger partial charge in [0.1, 0.15) is 0 Å². The molecule has 8 heavy (non-hydrogen) atoms. The normalized spacial score (nSPS) is 11.8. The molecule has 0 aromatic heterocycles. The van der Waals surface area contributed by atoms with Crippen LogP contribution < -0.4 is 18.9 Å². The molecule has 0 heterocycles. The number of carboxylic acid groups (broad SMARTS) is 1. The van der Waals surface area contributed by atoms with Gasteiger partial charge in [0.15, 0.2) is 0 Å². The van der Waals surface area contributed by atoms with Crippen LogP contribution in [0.4, 0.5) is 0 Å². The van der Waals surface area contributed by atoms with Crippen molar-refractivity contribution in [1.29, 1.82) is 0 Å². The molecule has 4 heteroatoms. The van der Waals surface area contributed by atoms with Gasteiger partial charge < -0.3 is 11.6 Å². The summed E-state index contributed by atoms with van der Waals surface area (Å²) in [4.78, 5) is 9.65. The van der Waals surface area contributed by atoms with Crippen molar-refractivity contribution in [2.24, 2.45) is 0 Å². The Hall–Kier alpha value is 0.0274. The first kappa shape index (κ1) is 10.9. The Morgan fingerprint density at radius 3 is 2.25 bits per heavy atom. The Morgan fingerprint density at radius 2 is 2.25 bits per heavy atom. The molecule has 0 saturated carbocycles. The fourth-order valence-corrected chi connectivity index (χ4v) is 0.253. The summed E-state index contributed by atoms with van der Waals surface area (Å²) in [5.74, 6) is -0.963. The van der Waals surface area contributed by atoms with Crippen molar-refractivity contribution >= 4 is 5.97 Å². The van der Waals surface area contributed by atoms with Gasteiger partial charge in [0, 0.05) is 0 Å². The zero-order valence-corrected chi connectivity index (χ0v) is 5.09. The van der Waals surface area contributed by atoms with E-state index in [1.165, 1.54) is 6.92 Å². The van der Waals surface area contributed by atoms with Gasteiger partial charge in [0.05, 0.1) is 12.5 Å². The van der Waals surface area contributed by atoms with Crippen LogP contribution in [0.3, 0.4) is 0 Å². The van der Waals surface area contributed by atoms with Gasteiger partial charge in [0.25, 0.3) is 0 Å². The van der Waals surface area contributed by atoms with Crippen LogP contribution in [0.5, 0.6) is 0 Å². The summed E-state index contributed by atoms with van der Waals surface area (Å²) in [6.07, 6.45) is -0.891. The van der Waals surface area contributed by atoms with Crippen LogP contribution in [0.25, 0.3) is 0 Å². The van der Waals surface area contributed by atoms with Crippen molar-refractivity contribution < 1.29 is 35.3 Å². The Balaban J connectivity index is -0.000000180. The zero-order chi connectivity index (χ0) is 5.86. The molecule has 0 radical (unpaired) electrons. The molecule has 0 aromatic carbocycles. The molecule has 1 unspecified atom stereocenters. The van der Waals surface area contributed by atoms with Gasteiger partial charge in [-0.2, -0.15) is 0 Å². The van der Waals surface area contributed by atoms with Crippen molar-refractivity contribution in [1.82, 2.24) is 0 Å². The van der Waals surface area contributed by atoms with Crippen molar-refractivity contribution in [2.45, 2.75) is 19.4 Å². The van der Waals surface area contributed by atoms with Crippen molar-refractivity contribution in [3.05, 3.63) is 0 Å². The molecule has 0 saturated heterocycles. The van der Waals surface area contributed by atoms with Crippen LogP contribution in [0.2, 0.25) is 0 Å². The minimum Gasteiger partial charge on any atom is -1.00 e. The number of carboxylic acids is 1. The van der Waals surface area contributed by atoms with Crippen LogP contribution in [0.15, 0.2) is 0 Å². The molecule has 0 spiro atoms. The first-order valence-corrected chi connectivity index (χ1v) is 2.03. The summed E-state index contributed by atoms with van der Waals surface area (Å²) >= 11 is 0. The van der Waals surface area contributed by atoms with Gasteiger partial charge in [-0.15, -0.1) is 0 Å². The third kappa shape index (κ3) is 9.39. The molecule has 44 valence electrons. The average molecular weight is 112 g/mol. The van der Waals surface area contributed by atoms with E-state index in [4.69, 9.17) is 10.2 Å². The summed E-state index contributed by atoms with van der Waals surface area (Å²) in [7, 11) is 0. The monoisotopic (exact) mass is 112 g/mol. The maximum Gasteiger partial charge on any atom is 1.00 e. The standard InChI is InChI=1S/C4H8O3.Li.H/c1-3(5)2-4(6)7;;/h3,5H,2H2,1H3,(H,6,7);;/q;+1;-1. The van der Waals surface area contributed by atoms with Gasteiger partial charge >= 0.3 is 24.8 Å². The first-order valence-electron chi connectivity index (χ1n) is 2.03. The van der Waals surface area contributed by atoms with Crippen LogP contribution in [0.1, 0.15) is 14.8 Å². The second-order valence-electron chi connectivity index (χ2n) is 1.45. The van der Waals surface area contributed by atoms with E-state index in [2.05, 4.69) is 0 Å². The van der Waals surface area contributed by atoms with E-state index >= 15 is 0 Å². The Kier molecular flexibility index (Phi) is 7.05. The molecule has 0 aromatic rings. The molecular formula is C4H9LiO3. The number of aliphatic carboxylic acids is 1. The van der Waals surface area contributed by atoms with Crippen LogP contribution in [-0.2, 0) is 4.79 Å². The van der Waals surface area contributed by atoms with E-state index in [-0.39, 0.29) is 26.7 Å². The summed E-state index contributed by atoms with van der Waals surface area (Å²) < 4.78 is 0. The van der Waals surface area contributed by atoms with Crippen LogP contribution in [-0.4, -0.2) is 22.3 Å². The number of aliphatic hydroxyl groups is 1. The molecule has 3 nitrogen and oxygen atoms in total. The first-order chi connectivity index (χ1) is 3.13. The van der Waals surface area contributed by atoms with E-state index in [0.717, 1.165) is 0 Å². The predicted octanol–water partition coefficient (Wildman–Crippen LogP) is -3.04. The minimum absolute atomic E-state index is 0. The fourth-order valence-electron chi connectivity index (χ4n) is 0.253. The van der Waals surface area contributed by atoms with Gasteiger partial charge in [0.2, 0.25) is 0 Å². The molecule has 2 N–H and O–H groups in total. The third-order valence-corrected chi connectivity index (χ3v) is 0.470. The SMILES string of the molecule is CC(O)CC(=O)O.[H-].[Li+]. The molecule has 0 fully saturated rings. The quantitative estimate of drug-likeness (QED) is 0.373. The third-order valence-electron chi connectivity index (χ3n) is 0.470. The predicted molar refractivity (Wildman–Crippen MR) is 25.0 cm³/mol. The summed E-state index contributed by atoms with van der Waals surface area (Å²) in [6.45, 7) is 1.44. The van der Waals surface area contributed by atoms with Crippen molar-refractivity contribution in [3.63, 3.8) is 0 Å². The van der Waals surface area contributed by atoms with E-state index in [0.29, 0.717) is 0 Å². The Bertz CT molecular complexity index is 76.2. The van der Waals surface area contributed by atoms with Gasteiger partial charge in [-0.1, -0.05) is 0 Å². The molecule has 0 aliphatic heterocycles. The number of hydrogen-bond acceptors (Lipinski definition) is 2. The molecule has 0 rings (SSSR count). The Labute approximate surface area is 61.4 Å². The summed E-state index contributed by atoms with van der Waals surface area (Å²) in [5.41, 5.74) is 0. The maximum atomic E-state index is 9.65. The molecule has 0 amide bonds. The van der Waals surface area contributed by atoms with E-state index in [1.807, 2.05) is 0 Å². The number of rotatable bonds is 2. The number of aliphatic hydroxyl groups excluding tert-OH is 1. The molecular weight excluding hydrogens is 103 g/mol. The van der Waals surface area contributed by atoms with E-state index < -0.39 is 12.1 Å². The van der Waals surface area contributed by atoms with Gasteiger partial charge in [-0.3, -0.25) is 4.79 Å². The van der Waals surface area contributed by atoms with Crippen molar-refractivity contribution in [2.75, 3.05) is 0 Å². The van der Waals surface area contributed by atoms with Gasteiger partial charge in [-0.25, -0.2) is 0 Å². The topological polar surface area (TPSA) is 57.5 Å². The van der Waals surface area contributed by atoms with Gasteiger partial charge in [-0.05, 0) is 6.92 Å². The average Bonchev–Trinajstić information content (AvgIpc) is 1.27. The second-order valence-corrected chi connectivity index (χ2v) is 1.45. The van der Waals surface area contributed by atoms with E-state index in [1.54, 1.807) is 0 Å². The summed E-state index contributed by atoms with van der Waals surface area (Å²) in [5, 5.41) is 16.3. The fraction of sp³-hybridized carbons (Fsp3) is 0.750. The summed E-state index contributed by atoms with van der Waals surface area (Å²) in [6, 6.07) is 0.